The van der Waals surface area contributed by atoms with Crippen molar-refractivity contribution in [1.29, 1.82) is 0 Å². The summed E-state index contributed by atoms with van der Waals surface area (Å²) in [5, 5.41) is 6.68. The highest BCUT2D eigenvalue weighted by Crippen LogP contribution is 2.48. The lowest BCUT2D eigenvalue weighted by Crippen LogP contribution is -2.44. The number of likely N-dealkylation sites (N-methyl/N-ethyl adjacent to an activating group) is 1. The Morgan fingerprint density at radius 1 is 1.29 bits per heavy atom. The average Bonchev–Trinajstić information content (AvgIpc) is 3.31. The van der Waals surface area contributed by atoms with E-state index in [2.05, 4.69) is 41.4 Å². The van der Waals surface area contributed by atoms with Crippen molar-refractivity contribution < 1.29 is 4.39 Å². The molecule has 1 aromatic carbocycles. The molecule has 4 nitrogen and oxygen atoms in total. The summed E-state index contributed by atoms with van der Waals surface area (Å²) in [6.45, 7) is 6.86. The summed E-state index contributed by atoms with van der Waals surface area (Å²) in [7, 11) is 3.88. The Morgan fingerprint density at radius 2 is 1.96 bits per heavy atom. The second-order valence-electron chi connectivity index (χ2n) is 6.69. The van der Waals surface area contributed by atoms with Gasteiger partial charge in [-0.25, -0.2) is 4.39 Å². The van der Waals surface area contributed by atoms with Crippen LogP contribution < -0.4 is 10.6 Å². The van der Waals surface area contributed by atoms with Gasteiger partial charge in [0, 0.05) is 38.1 Å². The van der Waals surface area contributed by atoms with Crippen LogP contribution in [0.2, 0.25) is 0 Å². The highest BCUT2D eigenvalue weighted by molar-refractivity contribution is 14.0. The third-order valence-corrected chi connectivity index (χ3v) is 4.76. The van der Waals surface area contributed by atoms with E-state index < -0.39 is 0 Å². The van der Waals surface area contributed by atoms with Crippen molar-refractivity contribution in [3.05, 3.63) is 35.6 Å². The molecule has 6 heteroatoms. The van der Waals surface area contributed by atoms with Crippen molar-refractivity contribution in [1.82, 2.24) is 15.5 Å². The minimum Gasteiger partial charge on any atom is -0.356 e. The number of nitrogens with one attached hydrogen (secondary N) is 2. The Bertz CT molecular complexity index is 544. The Labute approximate surface area is 162 Å². The Morgan fingerprint density at radius 3 is 2.50 bits per heavy atom. The lowest BCUT2D eigenvalue weighted by Gasteiger charge is -2.23. The van der Waals surface area contributed by atoms with Crippen LogP contribution in [0.25, 0.3) is 0 Å². The number of rotatable bonds is 7. The second kappa shape index (κ2) is 9.56. The summed E-state index contributed by atoms with van der Waals surface area (Å²) in [6, 6.07) is 7.63. The maximum absolute atomic E-state index is 14.0. The zero-order chi connectivity index (χ0) is 16.9. The van der Waals surface area contributed by atoms with Crippen molar-refractivity contribution in [2.24, 2.45) is 4.99 Å². The van der Waals surface area contributed by atoms with E-state index >= 15 is 0 Å². The molecule has 1 fully saturated rings. The Balaban J connectivity index is 0.00000288. The Kier molecular flexibility index (Phi) is 8.42. The van der Waals surface area contributed by atoms with E-state index in [0.717, 1.165) is 37.5 Å². The number of halogens is 2. The van der Waals surface area contributed by atoms with Gasteiger partial charge in [-0.15, -0.1) is 24.0 Å². The molecular weight excluding hydrogens is 418 g/mol. The van der Waals surface area contributed by atoms with E-state index in [1.807, 2.05) is 12.1 Å². The summed E-state index contributed by atoms with van der Waals surface area (Å²) < 4.78 is 14.0. The van der Waals surface area contributed by atoms with E-state index in [-0.39, 0.29) is 35.2 Å². The first kappa shape index (κ1) is 21.2. The first-order chi connectivity index (χ1) is 11.0. The van der Waals surface area contributed by atoms with Crippen LogP contribution >= 0.6 is 24.0 Å². The minimum absolute atomic E-state index is 0. The third kappa shape index (κ3) is 5.58. The average molecular weight is 448 g/mol. The molecule has 0 aliphatic heterocycles. The van der Waals surface area contributed by atoms with Gasteiger partial charge >= 0.3 is 0 Å². The largest absolute Gasteiger partial charge is 0.356 e. The summed E-state index contributed by atoms with van der Waals surface area (Å²) >= 11 is 0. The topological polar surface area (TPSA) is 39.7 Å². The maximum atomic E-state index is 14.0. The fourth-order valence-corrected chi connectivity index (χ4v) is 2.67. The quantitative estimate of drug-likeness (QED) is 0.383. The lowest BCUT2D eigenvalue weighted by molar-refractivity contribution is 0.278. The van der Waals surface area contributed by atoms with Crippen molar-refractivity contribution in [2.45, 2.75) is 38.1 Å². The number of guanidine groups is 1. The summed E-state index contributed by atoms with van der Waals surface area (Å²) in [4.78, 5) is 6.54. The van der Waals surface area contributed by atoms with Crippen LogP contribution in [0.3, 0.4) is 0 Å². The SMILES string of the molecule is CN=C(NCCN(C)C(C)C)NCC1(c2ccccc2F)CC1.I. The summed E-state index contributed by atoms with van der Waals surface area (Å²) in [5.41, 5.74) is 0.750. The molecule has 0 heterocycles. The van der Waals surface area contributed by atoms with Crippen LogP contribution in [0, 0.1) is 5.82 Å². The van der Waals surface area contributed by atoms with Gasteiger partial charge in [0.05, 0.1) is 0 Å². The van der Waals surface area contributed by atoms with Crippen LogP contribution in [-0.2, 0) is 5.41 Å². The molecule has 0 unspecified atom stereocenters. The molecule has 2 N–H and O–H groups in total. The van der Waals surface area contributed by atoms with Gasteiger partial charge in [-0.3, -0.25) is 4.99 Å². The molecule has 24 heavy (non-hydrogen) atoms. The van der Waals surface area contributed by atoms with Crippen LogP contribution in [0.4, 0.5) is 4.39 Å². The molecule has 0 saturated heterocycles. The Hall–Kier alpha value is -0.890. The molecule has 0 radical (unpaired) electrons. The van der Waals surface area contributed by atoms with Gasteiger partial charge in [0.25, 0.3) is 0 Å². The summed E-state index contributed by atoms with van der Waals surface area (Å²) in [6.07, 6.45) is 2.04. The molecule has 1 aliphatic carbocycles. The smallest absolute Gasteiger partial charge is 0.191 e. The second-order valence-corrected chi connectivity index (χ2v) is 6.69. The zero-order valence-corrected chi connectivity index (χ0v) is 17.4. The fourth-order valence-electron chi connectivity index (χ4n) is 2.67. The van der Waals surface area contributed by atoms with Crippen molar-refractivity contribution in [3.63, 3.8) is 0 Å². The van der Waals surface area contributed by atoms with Crippen LogP contribution in [-0.4, -0.2) is 50.6 Å². The van der Waals surface area contributed by atoms with Crippen molar-refractivity contribution in [2.75, 3.05) is 33.7 Å². The van der Waals surface area contributed by atoms with Crippen LogP contribution in [0.5, 0.6) is 0 Å². The first-order valence-electron chi connectivity index (χ1n) is 8.38. The molecule has 1 aliphatic rings. The van der Waals surface area contributed by atoms with E-state index in [9.17, 15) is 4.39 Å². The minimum atomic E-state index is -0.103. The predicted octanol–water partition coefficient (Wildman–Crippen LogP) is 2.98. The third-order valence-electron chi connectivity index (χ3n) is 4.76. The zero-order valence-electron chi connectivity index (χ0n) is 15.1. The van der Waals surface area contributed by atoms with E-state index in [1.165, 1.54) is 0 Å². The fraction of sp³-hybridized carbons (Fsp3) is 0.611. The monoisotopic (exact) mass is 448 g/mol. The van der Waals surface area contributed by atoms with Crippen molar-refractivity contribution >= 4 is 29.9 Å². The first-order valence-corrected chi connectivity index (χ1v) is 8.38. The molecular formula is C18H30FIN4. The molecule has 0 spiro atoms. The molecule has 0 bridgehead atoms. The van der Waals surface area contributed by atoms with Crippen LogP contribution in [0.15, 0.2) is 29.3 Å². The number of hydrogen-bond acceptors (Lipinski definition) is 2. The van der Waals surface area contributed by atoms with Gasteiger partial charge in [0.15, 0.2) is 5.96 Å². The normalized spacial score (nSPS) is 16.0. The number of hydrogen-bond donors (Lipinski definition) is 2. The van der Waals surface area contributed by atoms with Gasteiger partial charge < -0.3 is 15.5 Å². The van der Waals surface area contributed by atoms with E-state index in [1.54, 1.807) is 19.2 Å². The molecule has 0 amide bonds. The van der Waals surface area contributed by atoms with Gasteiger partial charge in [-0.05, 0) is 45.4 Å². The number of aliphatic imine (C=N–C) groups is 1. The molecule has 136 valence electrons. The van der Waals surface area contributed by atoms with Gasteiger partial charge in [0.2, 0.25) is 0 Å². The van der Waals surface area contributed by atoms with Crippen molar-refractivity contribution in [3.8, 4) is 0 Å². The summed E-state index contributed by atoms with van der Waals surface area (Å²) in [5.74, 6) is 0.679. The van der Waals surface area contributed by atoms with Gasteiger partial charge in [-0.2, -0.15) is 0 Å². The highest BCUT2D eigenvalue weighted by atomic mass is 127. The standard InChI is InChI=1S/C18H29FN4.HI/c1-14(2)23(4)12-11-21-17(20-3)22-13-18(9-10-18)15-7-5-6-8-16(15)19;/h5-8,14H,9-13H2,1-4H3,(H2,20,21,22);1H. The van der Waals surface area contributed by atoms with Crippen LogP contribution in [0.1, 0.15) is 32.3 Å². The molecule has 2 rings (SSSR count). The lowest BCUT2D eigenvalue weighted by atomic mass is 9.95. The molecule has 1 saturated carbocycles. The van der Waals surface area contributed by atoms with Gasteiger partial charge in [0.1, 0.15) is 5.82 Å². The molecule has 0 atom stereocenters. The number of nitrogens with zero attached hydrogens (tertiary/aromatic N) is 2. The molecule has 1 aromatic rings. The number of benzene rings is 1. The van der Waals surface area contributed by atoms with Gasteiger partial charge in [-0.1, -0.05) is 18.2 Å². The van der Waals surface area contributed by atoms with E-state index in [4.69, 9.17) is 0 Å². The van der Waals surface area contributed by atoms with E-state index in [0.29, 0.717) is 12.6 Å². The maximum Gasteiger partial charge on any atom is 0.191 e. The molecule has 0 aromatic heterocycles. The predicted molar refractivity (Wildman–Crippen MR) is 110 cm³/mol. The highest BCUT2D eigenvalue weighted by Gasteiger charge is 2.45.